The van der Waals surface area contributed by atoms with Gasteiger partial charge >= 0.3 is 0 Å². The number of rotatable bonds is 21. The maximum Gasteiger partial charge on any atom is 0.176 e. The molecule has 1 saturated carbocycles. The van der Waals surface area contributed by atoms with Crippen LogP contribution in [-0.2, 0) is 0 Å². The van der Waals surface area contributed by atoms with E-state index in [0.29, 0.717) is 17.4 Å². The van der Waals surface area contributed by atoms with Crippen molar-refractivity contribution in [1.82, 2.24) is 5.32 Å². The van der Waals surface area contributed by atoms with Crippen molar-refractivity contribution >= 4 is 21.6 Å². The van der Waals surface area contributed by atoms with Gasteiger partial charge in [-0.05, 0) is 32.6 Å². The lowest BCUT2D eigenvalue weighted by atomic mass is 10.0. The summed E-state index contributed by atoms with van der Waals surface area (Å²) in [4.78, 5) is 0. The van der Waals surface area contributed by atoms with Crippen molar-refractivity contribution in [2.45, 2.75) is 153 Å². The Kier molecular flexibility index (Phi) is 18.0. The third-order valence-electron chi connectivity index (χ3n) is 6.38. The van der Waals surface area contributed by atoms with Crippen molar-refractivity contribution in [2.75, 3.05) is 5.75 Å². The van der Waals surface area contributed by atoms with Gasteiger partial charge in [0.05, 0.1) is 6.04 Å². The maximum absolute atomic E-state index is 10.3. The molecule has 31 heavy (non-hydrogen) atoms. The minimum Gasteiger partial charge on any atom is -0.379 e. The molecule has 0 spiro atoms. The molecule has 1 fully saturated rings. The van der Waals surface area contributed by atoms with E-state index < -0.39 is 18.1 Å². The van der Waals surface area contributed by atoms with E-state index in [4.69, 9.17) is 0 Å². The monoisotopic (exact) mass is 477 g/mol. The van der Waals surface area contributed by atoms with Gasteiger partial charge in [0.15, 0.2) is 5.79 Å². The Balaban J connectivity index is 1.99. The Hall–Kier alpha value is 0.540. The summed E-state index contributed by atoms with van der Waals surface area (Å²) in [6, 6.07) is -0.525. The highest BCUT2D eigenvalue weighted by atomic mass is 33.1. The summed E-state index contributed by atoms with van der Waals surface area (Å²) in [5, 5.41) is 34.2. The number of aliphatic hydroxyl groups is 3. The minimum atomic E-state index is -1.82. The molecule has 4 N–H and O–H groups in total. The molecule has 0 aliphatic heterocycles. The molecule has 1 aliphatic carbocycles. The van der Waals surface area contributed by atoms with Crippen LogP contribution >= 0.6 is 21.6 Å². The molecule has 0 saturated heterocycles. The Bertz CT molecular complexity index is 401. The zero-order chi connectivity index (χ0) is 22.8. The molecule has 0 aromatic carbocycles. The van der Waals surface area contributed by atoms with Crippen LogP contribution in [0.3, 0.4) is 0 Å². The predicted molar refractivity (Wildman–Crippen MR) is 138 cm³/mol. The van der Waals surface area contributed by atoms with Crippen molar-refractivity contribution < 1.29 is 15.3 Å². The van der Waals surface area contributed by atoms with Crippen LogP contribution in [0.15, 0.2) is 0 Å². The molecule has 186 valence electrons. The van der Waals surface area contributed by atoms with E-state index in [2.05, 4.69) is 12.2 Å². The lowest BCUT2D eigenvalue weighted by molar-refractivity contribution is -0.169. The number of aliphatic hydroxyl groups excluding tert-OH is 1. The molecule has 4 nitrogen and oxygen atoms in total. The summed E-state index contributed by atoms with van der Waals surface area (Å²) in [5.74, 6) is -1.24. The minimum absolute atomic E-state index is 0.525. The lowest BCUT2D eigenvalue weighted by Gasteiger charge is -2.30. The highest BCUT2D eigenvalue weighted by Crippen LogP contribution is 2.37. The van der Waals surface area contributed by atoms with Crippen molar-refractivity contribution in [3.63, 3.8) is 0 Å². The van der Waals surface area contributed by atoms with Crippen LogP contribution < -0.4 is 5.32 Å². The van der Waals surface area contributed by atoms with E-state index in [1.807, 2.05) is 10.8 Å². The molecule has 2 atom stereocenters. The first-order valence-corrected chi connectivity index (χ1v) is 15.5. The van der Waals surface area contributed by atoms with Crippen molar-refractivity contribution in [3.05, 3.63) is 0 Å². The number of hydrogen-bond acceptors (Lipinski definition) is 6. The van der Waals surface area contributed by atoms with Gasteiger partial charge in [-0.3, -0.25) is 5.32 Å². The van der Waals surface area contributed by atoms with E-state index in [0.717, 1.165) is 12.8 Å². The molecule has 0 radical (unpaired) electrons. The van der Waals surface area contributed by atoms with Crippen LogP contribution in [0, 0.1) is 0 Å². The molecule has 1 unspecified atom stereocenters. The van der Waals surface area contributed by atoms with Gasteiger partial charge in [-0.2, -0.15) is 0 Å². The Morgan fingerprint density at radius 1 is 0.839 bits per heavy atom. The third-order valence-corrected chi connectivity index (χ3v) is 9.36. The van der Waals surface area contributed by atoms with E-state index in [1.54, 1.807) is 10.8 Å². The summed E-state index contributed by atoms with van der Waals surface area (Å²) in [7, 11) is 3.56. The highest BCUT2D eigenvalue weighted by molar-refractivity contribution is 8.76. The predicted octanol–water partition coefficient (Wildman–Crippen LogP) is 6.77. The summed E-state index contributed by atoms with van der Waals surface area (Å²) in [5.41, 5.74) is 0. The Morgan fingerprint density at radius 3 is 1.81 bits per heavy atom. The van der Waals surface area contributed by atoms with Crippen LogP contribution in [0.2, 0.25) is 0 Å². The summed E-state index contributed by atoms with van der Waals surface area (Å²) >= 11 is 0. The first kappa shape index (κ1) is 29.6. The van der Waals surface area contributed by atoms with Crippen molar-refractivity contribution in [1.29, 1.82) is 0 Å². The Labute approximate surface area is 200 Å². The van der Waals surface area contributed by atoms with E-state index in [9.17, 15) is 15.3 Å². The highest BCUT2D eigenvalue weighted by Gasteiger charge is 2.31. The van der Waals surface area contributed by atoms with E-state index in [-0.39, 0.29) is 0 Å². The summed E-state index contributed by atoms with van der Waals surface area (Å²) in [6.07, 6.45) is 22.2. The van der Waals surface area contributed by atoms with Gasteiger partial charge in [-0.1, -0.05) is 118 Å². The fourth-order valence-electron chi connectivity index (χ4n) is 4.22. The average Bonchev–Trinajstić information content (AvgIpc) is 3.23. The molecule has 1 aliphatic rings. The molecule has 6 heteroatoms. The maximum atomic E-state index is 10.3. The normalized spacial score (nSPS) is 17.3. The van der Waals surface area contributed by atoms with Crippen LogP contribution in [0.4, 0.5) is 0 Å². The van der Waals surface area contributed by atoms with Gasteiger partial charge < -0.3 is 15.3 Å². The van der Waals surface area contributed by atoms with Crippen molar-refractivity contribution in [2.24, 2.45) is 0 Å². The second-order valence-corrected chi connectivity index (χ2v) is 12.4. The number of nitrogens with one attached hydrogen (secondary N) is 1. The number of hydrogen-bond donors (Lipinski definition) is 4. The summed E-state index contributed by atoms with van der Waals surface area (Å²) in [6.45, 7) is 3.67. The van der Waals surface area contributed by atoms with Crippen LogP contribution in [-0.4, -0.2) is 44.4 Å². The first-order valence-electron chi connectivity index (χ1n) is 13.1. The lowest BCUT2D eigenvalue weighted by Crippen LogP contribution is -2.53. The van der Waals surface area contributed by atoms with Crippen molar-refractivity contribution in [3.8, 4) is 0 Å². The van der Waals surface area contributed by atoms with Crippen LogP contribution in [0.25, 0.3) is 0 Å². The molecule has 0 aromatic heterocycles. The van der Waals surface area contributed by atoms with E-state index in [1.165, 1.54) is 103 Å². The molecule has 0 amide bonds. The van der Waals surface area contributed by atoms with Gasteiger partial charge in [0.1, 0.15) is 6.23 Å². The van der Waals surface area contributed by atoms with Crippen LogP contribution in [0.1, 0.15) is 129 Å². The molecule has 0 heterocycles. The molecule has 0 aromatic rings. The van der Waals surface area contributed by atoms with Gasteiger partial charge in [-0.25, -0.2) is 0 Å². The topological polar surface area (TPSA) is 72.7 Å². The first-order chi connectivity index (χ1) is 14.9. The molecule has 1 rings (SSSR count). The standard InChI is InChI=1S/C25H51NO3S2/c1-3-4-5-6-7-8-9-10-11-12-13-14-15-20-24(27)26-23(25(2,28)29)21-30-31-22-18-16-17-19-22/h22-24,26-29H,3-21H2,1-2H3/t23-,24?/m0/s1. The second-order valence-electron chi connectivity index (χ2n) is 9.65. The largest absolute Gasteiger partial charge is 0.379 e. The summed E-state index contributed by atoms with van der Waals surface area (Å²) < 4.78 is 0. The van der Waals surface area contributed by atoms with Gasteiger partial charge in [0.2, 0.25) is 0 Å². The van der Waals surface area contributed by atoms with Gasteiger partial charge in [0, 0.05) is 11.0 Å². The average molecular weight is 478 g/mol. The second kappa shape index (κ2) is 18.9. The molecular formula is C25H51NO3S2. The quantitative estimate of drug-likeness (QED) is 0.0830. The SMILES string of the molecule is CCCCCCCCCCCCCCCC(O)N[C@@H](CSSC1CCCC1)C(C)(O)O. The van der Waals surface area contributed by atoms with Gasteiger partial charge in [0.25, 0.3) is 0 Å². The third kappa shape index (κ3) is 16.7. The zero-order valence-corrected chi connectivity index (χ0v) is 22.0. The fourth-order valence-corrected chi connectivity index (χ4v) is 7.37. The van der Waals surface area contributed by atoms with Crippen LogP contribution in [0.5, 0.6) is 0 Å². The smallest absolute Gasteiger partial charge is 0.176 e. The van der Waals surface area contributed by atoms with Gasteiger partial charge in [-0.15, -0.1) is 0 Å². The van der Waals surface area contributed by atoms with E-state index >= 15 is 0 Å². The fraction of sp³-hybridized carbons (Fsp3) is 1.00. The zero-order valence-electron chi connectivity index (χ0n) is 20.3. The number of unbranched alkanes of at least 4 members (excludes halogenated alkanes) is 12. The molecule has 0 bridgehead atoms. The molecular weight excluding hydrogens is 426 g/mol. The Morgan fingerprint density at radius 2 is 1.32 bits per heavy atom.